The number of nitrogens with zero attached hydrogens (tertiary/aromatic N) is 2. The quantitative estimate of drug-likeness (QED) is 0.805. The normalized spacial score (nSPS) is 13.0. The number of carbonyl (C=O) groups is 1. The number of carbonyl (C=O) groups excluding carboxylic acids is 1. The monoisotopic (exact) mass is 319 g/mol. The van der Waals surface area contributed by atoms with Gasteiger partial charge in [-0.3, -0.25) is 14.6 Å². The molecule has 0 bridgehead atoms. The van der Waals surface area contributed by atoms with Gasteiger partial charge in [-0.05, 0) is 47.6 Å². The first kappa shape index (κ1) is 14.6. The zero-order valence-electron chi connectivity index (χ0n) is 13.2. The van der Waals surface area contributed by atoms with Crippen molar-refractivity contribution in [2.75, 3.05) is 0 Å². The molecule has 1 N–H and O–H groups in total. The van der Waals surface area contributed by atoms with Gasteiger partial charge in [0, 0.05) is 25.5 Å². The van der Waals surface area contributed by atoms with Gasteiger partial charge in [-0.1, -0.05) is 18.2 Å². The van der Waals surface area contributed by atoms with Crippen LogP contribution in [0, 0.1) is 0 Å². The summed E-state index contributed by atoms with van der Waals surface area (Å²) in [5.41, 5.74) is 3.10. The fraction of sp³-hybridized carbons (Fsp3) is 0.211. The third-order valence-electron chi connectivity index (χ3n) is 4.47. The lowest BCUT2D eigenvalue weighted by Crippen LogP contribution is -2.34. The molecule has 0 spiro atoms. The van der Waals surface area contributed by atoms with E-state index in [1.807, 2.05) is 24.3 Å². The van der Waals surface area contributed by atoms with Gasteiger partial charge in [-0.25, -0.2) is 0 Å². The highest BCUT2D eigenvalue weighted by atomic mass is 16.2. The smallest absolute Gasteiger partial charge is 0.263 e. The van der Waals surface area contributed by atoms with E-state index in [4.69, 9.17) is 0 Å². The second-order valence-corrected chi connectivity index (χ2v) is 6.01. The fourth-order valence-electron chi connectivity index (χ4n) is 3.30. The van der Waals surface area contributed by atoms with Crippen molar-refractivity contribution in [3.05, 3.63) is 75.8 Å². The summed E-state index contributed by atoms with van der Waals surface area (Å²) < 4.78 is 1.75. The van der Waals surface area contributed by atoms with Crippen molar-refractivity contribution in [2.24, 2.45) is 0 Å². The number of rotatable bonds is 3. The van der Waals surface area contributed by atoms with Gasteiger partial charge in [0.1, 0.15) is 5.56 Å². The van der Waals surface area contributed by atoms with Crippen molar-refractivity contribution in [3.8, 4) is 0 Å². The zero-order valence-corrected chi connectivity index (χ0v) is 13.2. The van der Waals surface area contributed by atoms with Gasteiger partial charge in [0.05, 0.1) is 5.52 Å². The molecular formula is C19H17N3O2. The number of aromatic nitrogens is 2. The van der Waals surface area contributed by atoms with Crippen molar-refractivity contribution in [2.45, 2.75) is 25.9 Å². The van der Waals surface area contributed by atoms with Crippen LogP contribution in [0.2, 0.25) is 0 Å². The molecule has 0 radical (unpaired) electrons. The van der Waals surface area contributed by atoms with Crippen molar-refractivity contribution in [1.82, 2.24) is 14.9 Å². The van der Waals surface area contributed by atoms with E-state index >= 15 is 0 Å². The van der Waals surface area contributed by atoms with E-state index in [2.05, 4.69) is 16.4 Å². The molecule has 1 aromatic carbocycles. The number of benzene rings is 1. The molecule has 0 aliphatic carbocycles. The standard InChI is InChI=1S/C19H17N3O2/c23-18(21-12-13-6-8-20-9-7-13)16-11-15-4-1-3-14-5-2-10-22(17(14)15)19(16)24/h1,3-4,6-9,11H,2,5,10,12H2,(H,21,23). The van der Waals surface area contributed by atoms with Gasteiger partial charge in [0.25, 0.3) is 11.5 Å². The lowest BCUT2D eigenvalue weighted by atomic mass is 10.00. The predicted octanol–water partition coefficient (Wildman–Crippen LogP) is 2.27. The first-order valence-electron chi connectivity index (χ1n) is 8.06. The summed E-state index contributed by atoms with van der Waals surface area (Å²) in [5, 5.41) is 3.77. The molecule has 0 saturated heterocycles. The Balaban J connectivity index is 1.71. The molecule has 2 aromatic heterocycles. The Labute approximate surface area is 139 Å². The highest BCUT2D eigenvalue weighted by molar-refractivity contribution is 5.97. The summed E-state index contributed by atoms with van der Waals surface area (Å²) in [5.74, 6) is -0.335. The first-order chi connectivity index (χ1) is 11.7. The second kappa shape index (κ2) is 5.92. The van der Waals surface area contributed by atoms with Crippen LogP contribution < -0.4 is 10.9 Å². The molecule has 120 valence electrons. The fourth-order valence-corrected chi connectivity index (χ4v) is 3.30. The Morgan fingerprint density at radius 3 is 2.88 bits per heavy atom. The predicted molar refractivity (Wildman–Crippen MR) is 91.9 cm³/mol. The van der Waals surface area contributed by atoms with E-state index in [0.29, 0.717) is 13.1 Å². The van der Waals surface area contributed by atoms with E-state index in [-0.39, 0.29) is 17.0 Å². The number of pyridine rings is 2. The van der Waals surface area contributed by atoms with Crippen LogP contribution in [0.4, 0.5) is 0 Å². The van der Waals surface area contributed by atoms with Crippen LogP contribution in [0.3, 0.4) is 0 Å². The van der Waals surface area contributed by atoms with Crippen molar-refractivity contribution in [3.63, 3.8) is 0 Å². The molecule has 0 unspecified atom stereocenters. The van der Waals surface area contributed by atoms with Gasteiger partial charge in [0.15, 0.2) is 0 Å². The molecule has 1 aliphatic rings. The SMILES string of the molecule is O=C(NCc1ccncc1)c1cc2cccc3c2n(c1=O)CCC3. The maximum atomic E-state index is 12.7. The largest absolute Gasteiger partial charge is 0.348 e. The maximum absolute atomic E-state index is 12.7. The van der Waals surface area contributed by atoms with E-state index in [1.54, 1.807) is 23.0 Å². The Bertz CT molecular complexity index is 977. The van der Waals surface area contributed by atoms with Crippen LogP contribution in [-0.4, -0.2) is 15.5 Å². The van der Waals surface area contributed by atoms with E-state index in [9.17, 15) is 9.59 Å². The number of nitrogens with one attached hydrogen (secondary N) is 1. The molecule has 1 aliphatic heterocycles. The third-order valence-corrected chi connectivity index (χ3v) is 4.47. The molecule has 0 fully saturated rings. The molecule has 3 aromatic rings. The van der Waals surface area contributed by atoms with Crippen LogP contribution in [0.1, 0.15) is 27.9 Å². The van der Waals surface area contributed by atoms with Crippen molar-refractivity contribution >= 4 is 16.8 Å². The topological polar surface area (TPSA) is 64.0 Å². The minimum atomic E-state index is -0.335. The van der Waals surface area contributed by atoms with Crippen LogP contribution >= 0.6 is 0 Å². The Morgan fingerprint density at radius 2 is 2.04 bits per heavy atom. The van der Waals surface area contributed by atoms with Gasteiger partial charge in [-0.2, -0.15) is 0 Å². The number of para-hydroxylation sites is 1. The van der Waals surface area contributed by atoms with Gasteiger partial charge < -0.3 is 9.88 Å². The molecule has 4 rings (SSSR count). The molecule has 5 heteroatoms. The second-order valence-electron chi connectivity index (χ2n) is 6.01. The van der Waals surface area contributed by atoms with Crippen LogP contribution in [0.15, 0.2) is 53.6 Å². The first-order valence-corrected chi connectivity index (χ1v) is 8.06. The third kappa shape index (κ3) is 2.48. The molecular weight excluding hydrogens is 302 g/mol. The molecule has 0 saturated carbocycles. The van der Waals surface area contributed by atoms with Crippen molar-refractivity contribution < 1.29 is 4.79 Å². The zero-order chi connectivity index (χ0) is 16.5. The number of hydrogen-bond acceptors (Lipinski definition) is 3. The maximum Gasteiger partial charge on any atom is 0.263 e. The molecule has 5 nitrogen and oxygen atoms in total. The van der Waals surface area contributed by atoms with E-state index in [1.165, 1.54) is 5.56 Å². The highest BCUT2D eigenvalue weighted by Crippen LogP contribution is 2.23. The van der Waals surface area contributed by atoms with Gasteiger partial charge >= 0.3 is 0 Å². The Hall–Kier alpha value is -2.95. The summed E-state index contributed by atoms with van der Waals surface area (Å²) >= 11 is 0. The van der Waals surface area contributed by atoms with E-state index in [0.717, 1.165) is 29.3 Å². The summed E-state index contributed by atoms with van der Waals surface area (Å²) in [6, 6.07) is 11.4. The lowest BCUT2D eigenvalue weighted by Gasteiger charge is -2.20. The summed E-state index contributed by atoms with van der Waals surface area (Å²) in [6.07, 6.45) is 5.26. The summed E-state index contributed by atoms with van der Waals surface area (Å²) in [7, 11) is 0. The van der Waals surface area contributed by atoms with Crippen LogP contribution in [-0.2, 0) is 19.5 Å². The number of hydrogen-bond donors (Lipinski definition) is 1. The minimum Gasteiger partial charge on any atom is -0.348 e. The molecule has 0 atom stereocenters. The Morgan fingerprint density at radius 1 is 1.21 bits per heavy atom. The summed E-state index contributed by atoms with van der Waals surface area (Å²) in [6.45, 7) is 1.04. The minimum absolute atomic E-state index is 0.204. The average Bonchev–Trinajstić information content (AvgIpc) is 2.63. The molecule has 1 amide bonds. The number of amides is 1. The highest BCUT2D eigenvalue weighted by Gasteiger charge is 2.19. The van der Waals surface area contributed by atoms with Crippen LogP contribution in [0.25, 0.3) is 10.9 Å². The lowest BCUT2D eigenvalue weighted by molar-refractivity contribution is 0.0949. The van der Waals surface area contributed by atoms with Gasteiger partial charge in [-0.15, -0.1) is 0 Å². The van der Waals surface area contributed by atoms with Crippen molar-refractivity contribution in [1.29, 1.82) is 0 Å². The average molecular weight is 319 g/mol. The summed E-state index contributed by atoms with van der Waals surface area (Å²) in [4.78, 5) is 29.2. The molecule has 24 heavy (non-hydrogen) atoms. The van der Waals surface area contributed by atoms with Gasteiger partial charge in [0.2, 0.25) is 0 Å². The Kier molecular flexibility index (Phi) is 3.61. The van der Waals surface area contributed by atoms with Crippen LogP contribution in [0.5, 0.6) is 0 Å². The van der Waals surface area contributed by atoms with E-state index < -0.39 is 0 Å². The number of aryl methyl sites for hydroxylation is 2. The molecule has 3 heterocycles.